The topological polar surface area (TPSA) is 24.9 Å². The molecule has 100 valence electrons. The summed E-state index contributed by atoms with van der Waals surface area (Å²) in [6, 6.07) is 6.84. The molecule has 1 aliphatic carbocycles. The van der Waals surface area contributed by atoms with Crippen molar-refractivity contribution in [3.05, 3.63) is 30.1 Å². The average molecular weight is 246 g/mol. The van der Waals surface area contributed by atoms with E-state index in [0.717, 1.165) is 13.0 Å². The SMILES string of the molecule is CCNC(Cc1ccccn1)C1(CC)CCCC1. The Morgan fingerprint density at radius 1 is 1.28 bits per heavy atom. The molecular formula is C16H26N2. The lowest BCUT2D eigenvalue weighted by molar-refractivity contribution is 0.185. The summed E-state index contributed by atoms with van der Waals surface area (Å²) in [5.41, 5.74) is 1.73. The first kappa shape index (κ1) is 13.5. The van der Waals surface area contributed by atoms with Crippen LogP contribution in [0.5, 0.6) is 0 Å². The highest BCUT2D eigenvalue weighted by Crippen LogP contribution is 2.44. The van der Waals surface area contributed by atoms with Gasteiger partial charge in [-0.2, -0.15) is 0 Å². The third-order valence-corrected chi connectivity index (χ3v) is 4.63. The number of likely N-dealkylation sites (N-methyl/N-ethyl adjacent to an activating group) is 1. The van der Waals surface area contributed by atoms with E-state index in [1.165, 1.54) is 37.8 Å². The summed E-state index contributed by atoms with van der Waals surface area (Å²) in [4.78, 5) is 4.50. The van der Waals surface area contributed by atoms with Crippen LogP contribution in [0.3, 0.4) is 0 Å². The molecule has 18 heavy (non-hydrogen) atoms. The molecule has 0 spiro atoms. The fraction of sp³-hybridized carbons (Fsp3) is 0.688. The van der Waals surface area contributed by atoms with Crippen molar-refractivity contribution in [3.8, 4) is 0 Å². The molecule has 2 nitrogen and oxygen atoms in total. The van der Waals surface area contributed by atoms with Crippen LogP contribution in [0.1, 0.15) is 51.6 Å². The van der Waals surface area contributed by atoms with Crippen molar-refractivity contribution in [2.45, 2.75) is 58.4 Å². The number of pyridine rings is 1. The molecule has 1 fully saturated rings. The number of hydrogen-bond donors (Lipinski definition) is 1. The highest BCUT2D eigenvalue weighted by Gasteiger charge is 2.39. The van der Waals surface area contributed by atoms with Gasteiger partial charge in [-0.15, -0.1) is 0 Å². The van der Waals surface area contributed by atoms with Gasteiger partial charge >= 0.3 is 0 Å². The predicted molar refractivity (Wildman–Crippen MR) is 76.6 cm³/mol. The second-order valence-electron chi connectivity index (χ2n) is 5.56. The summed E-state index contributed by atoms with van der Waals surface area (Å²) in [6.45, 7) is 5.62. The Balaban J connectivity index is 2.12. The first-order chi connectivity index (χ1) is 8.80. The molecule has 1 aromatic rings. The molecule has 1 N–H and O–H groups in total. The van der Waals surface area contributed by atoms with E-state index in [1.807, 2.05) is 12.3 Å². The molecule has 1 atom stereocenters. The monoisotopic (exact) mass is 246 g/mol. The smallest absolute Gasteiger partial charge is 0.0419 e. The fourth-order valence-corrected chi connectivity index (χ4v) is 3.51. The minimum absolute atomic E-state index is 0.507. The lowest BCUT2D eigenvalue weighted by Crippen LogP contribution is -2.45. The number of nitrogens with zero attached hydrogens (tertiary/aromatic N) is 1. The maximum Gasteiger partial charge on any atom is 0.0419 e. The van der Waals surface area contributed by atoms with Crippen LogP contribution in [-0.2, 0) is 6.42 Å². The van der Waals surface area contributed by atoms with E-state index in [1.54, 1.807) is 0 Å². The normalized spacial score (nSPS) is 19.9. The van der Waals surface area contributed by atoms with Gasteiger partial charge in [-0.25, -0.2) is 0 Å². The van der Waals surface area contributed by atoms with Crippen LogP contribution in [0.15, 0.2) is 24.4 Å². The highest BCUT2D eigenvalue weighted by atomic mass is 14.9. The van der Waals surface area contributed by atoms with Gasteiger partial charge < -0.3 is 5.32 Å². The Bertz CT molecular complexity index is 341. The van der Waals surface area contributed by atoms with E-state index in [4.69, 9.17) is 0 Å². The summed E-state index contributed by atoms with van der Waals surface area (Å²) < 4.78 is 0. The van der Waals surface area contributed by atoms with Gasteiger partial charge in [-0.1, -0.05) is 32.8 Å². The van der Waals surface area contributed by atoms with Crippen molar-refractivity contribution < 1.29 is 0 Å². The molecular weight excluding hydrogens is 220 g/mol. The first-order valence-electron chi connectivity index (χ1n) is 7.44. The average Bonchev–Trinajstić information content (AvgIpc) is 2.89. The van der Waals surface area contributed by atoms with E-state index in [9.17, 15) is 0 Å². The van der Waals surface area contributed by atoms with Gasteiger partial charge in [0.2, 0.25) is 0 Å². The Kier molecular flexibility index (Phi) is 4.76. The van der Waals surface area contributed by atoms with Crippen LogP contribution in [0.25, 0.3) is 0 Å². The standard InChI is InChI=1S/C16H26N2/c1-3-16(10-6-7-11-16)15(17-4-2)13-14-9-5-8-12-18-14/h5,8-9,12,15,17H,3-4,6-7,10-11,13H2,1-2H3. The minimum atomic E-state index is 0.507. The molecule has 0 aromatic carbocycles. The van der Waals surface area contributed by atoms with Gasteiger partial charge in [0.25, 0.3) is 0 Å². The molecule has 1 aromatic heterocycles. The van der Waals surface area contributed by atoms with Gasteiger partial charge in [-0.05, 0) is 43.4 Å². The maximum atomic E-state index is 4.50. The number of nitrogens with one attached hydrogen (secondary N) is 1. The zero-order chi connectivity index (χ0) is 12.8. The quantitative estimate of drug-likeness (QED) is 0.830. The molecule has 1 unspecified atom stereocenters. The van der Waals surface area contributed by atoms with Gasteiger partial charge in [0.15, 0.2) is 0 Å². The third-order valence-electron chi connectivity index (χ3n) is 4.63. The molecule has 1 saturated carbocycles. The van der Waals surface area contributed by atoms with Crippen molar-refractivity contribution in [1.29, 1.82) is 0 Å². The molecule has 2 heteroatoms. The second kappa shape index (κ2) is 6.33. The van der Waals surface area contributed by atoms with E-state index in [2.05, 4.69) is 36.3 Å². The largest absolute Gasteiger partial charge is 0.313 e. The maximum absolute atomic E-state index is 4.50. The van der Waals surface area contributed by atoms with Crippen molar-refractivity contribution in [1.82, 2.24) is 10.3 Å². The lowest BCUT2D eigenvalue weighted by Gasteiger charge is -2.37. The summed E-state index contributed by atoms with van der Waals surface area (Å²) in [5, 5.41) is 3.72. The molecule has 1 aliphatic rings. The van der Waals surface area contributed by atoms with E-state index in [-0.39, 0.29) is 0 Å². The van der Waals surface area contributed by atoms with Crippen LogP contribution in [0, 0.1) is 5.41 Å². The first-order valence-corrected chi connectivity index (χ1v) is 7.44. The Hall–Kier alpha value is -0.890. The van der Waals surface area contributed by atoms with Crippen molar-refractivity contribution in [2.75, 3.05) is 6.54 Å². The third kappa shape index (κ3) is 2.92. The van der Waals surface area contributed by atoms with Crippen molar-refractivity contribution in [3.63, 3.8) is 0 Å². The fourth-order valence-electron chi connectivity index (χ4n) is 3.51. The molecule has 1 heterocycles. The van der Waals surface area contributed by atoms with Crippen LogP contribution >= 0.6 is 0 Å². The lowest BCUT2D eigenvalue weighted by atomic mass is 9.74. The minimum Gasteiger partial charge on any atom is -0.313 e. The van der Waals surface area contributed by atoms with Crippen molar-refractivity contribution in [2.24, 2.45) is 5.41 Å². The number of aromatic nitrogens is 1. The van der Waals surface area contributed by atoms with Crippen LogP contribution < -0.4 is 5.32 Å². The molecule has 0 radical (unpaired) electrons. The summed E-state index contributed by atoms with van der Waals surface area (Å²) in [5.74, 6) is 0. The van der Waals surface area contributed by atoms with Crippen LogP contribution in [0.2, 0.25) is 0 Å². The summed E-state index contributed by atoms with van der Waals surface area (Å²) in [7, 11) is 0. The number of hydrogen-bond acceptors (Lipinski definition) is 2. The van der Waals surface area contributed by atoms with E-state index in [0.29, 0.717) is 11.5 Å². The molecule has 0 saturated heterocycles. The summed E-state index contributed by atoms with van der Waals surface area (Å²) in [6.07, 6.45) is 9.84. The molecule has 2 rings (SSSR count). The molecule has 0 amide bonds. The Morgan fingerprint density at radius 3 is 2.61 bits per heavy atom. The molecule has 0 bridgehead atoms. The van der Waals surface area contributed by atoms with Gasteiger partial charge in [0.05, 0.1) is 0 Å². The van der Waals surface area contributed by atoms with E-state index >= 15 is 0 Å². The van der Waals surface area contributed by atoms with Gasteiger partial charge in [-0.3, -0.25) is 4.98 Å². The molecule has 0 aliphatic heterocycles. The van der Waals surface area contributed by atoms with Crippen LogP contribution in [-0.4, -0.2) is 17.6 Å². The summed E-state index contributed by atoms with van der Waals surface area (Å²) >= 11 is 0. The zero-order valence-electron chi connectivity index (χ0n) is 11.8. The highest BCUT2D eigenvalue weighted by molar-refractivity contribution is 5.08. The zero-order valence-corrected chi connectivity index (χ0v) is 11.8. The van der Waals surface area contributed by atoms with Crippen molar-refractivity contribution >= 4 is 0 Å². The Labute approximate surface area is 111 Å². The number of rotatable bonds is 6. The Morgan fingerprint density at radius 2 is 2.06 bits per heavy atom. The van der Waals surface area contributed by atoms with Gasteiger partial charge in [0.1, 0.15) is 0 Å². The van der Waals surface area contributed by atoms with Gasteiger partial charge in [0, 0.05) is 24.4 Å². The predicted octanol–water partition coefficient (Wildman–Crippen LogP) is 3.57. The van der Waals surface area contributed by atoms with E-state index < -0.39 is 0 Å². The second-order valence-corrected chi connectivity index (χ2v) is 5.56. The van der Waals surface area contributed by atoms with Crippen LogP contribution in [0.4, 0.5) is 0 Å².